The van der Waals surface area contributed by atoms with Crippen molar-refractivity contribution in [1.29, 1.82) is 0 Å². The van der Waals surface area contributed by atoms with Crippen LogP contribution in [0.2, 0.25) is 0 Å². The van der Waals surface area contributed by atoms with E-state index < -0.39 is 0 Å². The Balaban J connectivity index is 2.24. The van der Waals surface area contributed by atoms with Crippen molar-refractivity contribution in [1.82, 2.24) is 5.32 Å². The van der Waals surface area contributed by atoms with Gasteiger partial charge in [0.05, 0.1) is 13.2 Å². The normalized spacial score (nSPS) is 12.9. The Bertz CT molecular complexity index is 490. The highest BCUT2D eigenvalue weighted by Crippen LogP contribution is 2.27. The van der Waals surface area contributed by atoms with Crippen LogP contribution in [0, 0.1) is 0 Å². The number of rotatable bonds is 5. The highest BCUT2D eigenvalue weighted by Gasteiger charge is 2.10. The minimum absolute atomic E-state index is 0.244. The monoisotopic (exact) mass is 233 g/mol. The summed E-state index contributed by atoms with van der Waals surface area (Å²) in [5, 5.41) is 4.50. The van der Waals surface area contributed by atoms with E-state index in [2.05, 4.69) is 25.2 Å². The molecular weight excluding hydrogens is 214 g/mol. The molecule has 0 fully saturated rings. The molecule has 0 aliphatic carbocycles. The van der Waals surface area contributed by atoms with Crippen LogP contribution in [0.5, 0.6) is 5.75 Å². The van der Waals surface area contributed by atoms with Crippen molar-refractivity contribution in [2.45, 2.75) is 26.3 Å². The molecule has 1 aromatic carbocycles. The lowest BCUT2D eigenvalue weighted by molar-refractivity contribution is 0.415. The van der Waals surface area contributed by atoms with E-state index in [4.69, 9.17) is 9.15 Å². The number of hydrogen-bond donors (Lipinski definition) is 1. The van der Waals surface area contributed by atoms with Crippen molar-refractivity contribution in [3.05, 3.63) is 30.0 Å². The predicted octanol–water partition coefficient (Wildman–Crippen LogP) is 3.50. The Hall–Kier alpha value is -1.48. The van der Waals surface area contributed by atoms with E-state index in [-0.39, 0.29) is 6.04 Å². The number of methoxy groups -OCH3 is 1. The molecule has 17 heavy (non-hydrogen) atoms. The van der Waals surface area contributed by atoms with E-state index in [1.807, 2.05) is 18.2 Å². The molecule has 3 nitrogen and oxygen atoms in total. The molecule has 0 bridgehead atoms. The standard InChI is InChI=1S/C14H19NO2/c1-4-7-15-10(2)14-9-11-8-12(16-3)5-6-13(11)17-14/h5-6,8-10,15H,4,7H2,1-3H3. The first kappa shape index (κ1) is 12.0. The van der Waals surface area contributed by atoms with E-state index in [0.29, 0.717) is 0 Å². The first-order chi connectivity index (χ1) is 8.24. The van der Waals surface area contributed by atoms with E-state index in [9.17, 15) is 0 Å². The van der Waals surface area contributed by atoms with Crippen LogP contribution in [0.25, 0.3) is 11.0 Å². The molecule has 1 heterocycles. The van der Waals surface area contributed by atoms with E-state index >= 15 is 0 Å². The molecule has 1 N–H and O–H groups in total. The van der Waals surface area contributed by atoms with Crippen LogP contribution in [0.4, 0.5) is 0 Å². The summed E-state index contributed by atoms with van der Waals surface area (Å²) in [5.41, 5.74) is 0.908. The first-order valence-electron chi connectivity index (χ1n) is 6.05. The van der Waals surface area contributed by atoms with Gasteiger partial charge in [0.1, 0.15) is 17.1 Å². The Labute approximate surface area is 102 Å². The quantitative estimate of drug-likeness (QED) is 0.858. The zero-order valence-electron chi connectivity index (χ0n) is 10.6. The van der Waals surface area contributed by atoms with Crippen LogP contribution in [-0.2, 0) is 0 Å². The van der Waals surface area contributed by atoms with Crippen molar-refractivity contribution in [3.63, 3.8) is 0 Å². The summed E-state index contributed by atoms with van der Waals surface area (Å²) in [6.07, 6.45) is 1.12. The highest BCUT2D eigenvalue weighted by molar-refractivity contribution is 5.79. The average molecular weight is 233 g/mol. The van der Waals surface area contributed by atoms with Crippen molar-refractivity contribution in [3.8, 4) is 5.75 Å². The number of fused-ring (bicyclic) bond motifs is 1. The van der Waals surface area contributed by atoms with Gasteiger partial charge < -0.3 is 14.5 Å². The first-order valence-corrected chi connectivity index (χ1v) is 6.05. The largest absolute Gasteiger partial charge is 0.497 e. The molecule has 0 aliphatic heterocycles. The molecule has 92 valence electrons. The molecule has 3 heteroatoms. The maximum Gasteiger partial charge on any atom is 0.134 e. The lowest BCUT2D eigenvalue weighted by Gasteiger charge is -2.09. The number of hydrogen-bond acceptors (Lipinski definition) is 3. The Morgan fingerprint density at radius 2 is 2.18 bits per heavy atom. The van der Waals surface area contributed by atoms with Gasteiger partial charge in [0.25, 0.3) is 0 Å². The number of ether oxygens (including phenoxy) is 1. The topological polar surface area (TPSA) is 34.4 Å². The zero-order valence-corrected chi connectivity index (χ0v) is 10.6. The fourth-order valence-corrected chi connectivity index (χ4v) is 1.84. The van der Waals surface area contributed by atoms with Gasteiger partial charge in [-0.25, -0.2) is 0 Å². The third-order valence-corrected chi connectivity index (χ3v) is 2.87. The molecule has 0 amide bonds. The molecule has 1 aromatic heterocycles. The third-order valence-electron chi connectivity index (χ3n) is 2.87. The van der Waals surface area contributed by atoms with Crippen molar-refractivity contribution >= 4 is 11.0 Å². The molecule has 1 unspecified atom stereocenters. The minimum atomic E-state index is 0.244. The SMILES string of the molecule is CCCNC(C)c1cc2cc(OC)ccc2o1. The van der Waals surface area contributed by atoms with Crippen molar-refractivity contribution in [2.24, 2.45) is 0 Å². The van der Waals surface area contributed by atoms with Crippen LogP contribution in [0.15, 0.2) is 28.7 Å². The summed E-state index contributed by atoms with van der Waals surface area (Å²) in [6, 6.07) is 8.18. The molecule has 0 spiro atoms. The number of benzene rings is 1. The zero-order chi connectivity index (χ0) is 12.3. The van der Waals surface area contributed by atoms with Gasteiger partial charge in [-0.3, -0.25) is 0 Å². The Kier molecular flexibility index (Phi) is 3.69. The van der Waals surface area contributed by atoms with Gasteiger partial charge >= 0.3 is 0 Å². The van der Waals surface area contributed by atoms with Crippen LogP contribution >= 0.6 is 0 Å². The molecule has 0 saturated carbocycles. The van der Waals surface area contributed by atoms with Crippen LogP contribution in [0.1, 0.15) is 32.1 Å². The molecule has 2 rings (SSSR count). The summed E-state index contributed by atoms with van der Waals surface area (Å²) in [5.74, 6) is 1.83. The third kappa shape index (κ3) is 2.61. The Morgan fingerprint density at radius 1 is 1.35 bits per heavy atom. The molecule has 0 aliphatic rings. The minimum Gasteiger partial charge on any atom is -0.497 e. The molecule has 0 radical (unpaired) electrons. The fourth-order valence-electron chi connectivity index (χ4n) is 1.84. The fraction of sp³-hybridized carbons (Fsp3) is 0.429. The summed E-state index contributed by atoms with van der Waals surface area (Å²) in [7, 11) is 1.67. The lowest BCUT2D eigenvalue weighted by atomic mass is 10.2. The van der Waals surface area contributed by atoms with E-state index in [1.54, 1.807) is 7.11 Å². The molecule has 2 aromatic rings. The van der Waals surface area contributed by atoms with Crippen LogP contribution < -0.4 is 10.1 Å². The molecule has 0 saturated heterocycles. The molecular formula is C14H19NO2. The Morgan fingerprint density at radius 3 is 2.88 bits per heavy atom. The maximum atomic E-state index is 5.81. The van der Waals surface area contributed by atoms with Crippen LogP contribution in [-0.4, -0.2) is 13.7 Å². The van der Waals surface area contributed by atoms with Gasteiger partial charge in [0.2, 0.25) is 0 Å². The van der Waals surface area contributed by atoms with Gasteiger partial charge in [-0.2, -0.15) is 0 Å². The smallest absolute Gasteiger partial charge is 0.134 e. The highest BCUT2D eigenvalue weighted by atomic mass is 16.5. The summed E-state index contributed by atoms with van der Waals surface area (Å²) < 4.78 is 11.0. The number of nitrogens with one attached hydrogen (secondary N) is 1. The van der Waals surface area contributed by atoms with Gasteiger partial charge in [-0.05, 0) is 44.2 Å². The van der Waals surface area contributed by atoms with Gasteiger partial charge in [-0.1, -0.05) is 6.92 Å². The maximum absolute atomic E-state index is 5.81. The second-order valence-electron chi connectivity index (χ2n) is 4.23. The second-order valence-corrected chi connectivity index (χ2v) is 4.23. The summed E-state index contributed by atoms with van der Waals surface area (Å²) in [4.78, 5) is 0. The van der Waals surface area contributed by atoms with Crippen molar-refractivity contribution in [2.75, 3.05) is 13.7 Å². The van der Waals surface area contributed by atoms with Crippen LogP contribution in [0.3, 0.4) is 0 Å². The number of furan rings is 1. The summed E-state index contributed by atoms with van der Waals surface area (Å²) in [6.45, 7) is 5.27. The summed E-state index contributed by atoms with van der Waals surface area (Å²) >= 11 is 0. The lowest BCUT2D eigenvalue weighted by Crippen LogP contribution is -2.18. The second kappa shape index (κ2) is 5.23. The average Bonchev–Trinajstić information content (AvgIpc) is 2.78. The van der Waals surface area contributed by atoms with Gasteiger partial charge in [0.15, 0.2) is 0 Å². The van der Waals surface area contributed by atoms with E-state index in [0.717, 1.165) is 35.4 Å². The van der Waals surface area contributed by atoms with Crippen molar-refractivity contribution < 1.29 is 9.15 Å². The van der Waals surface area contributed by atoms with Gasteiger partial charge in [-0.15, -0.1) is 0 Å². The van der Waals surface area contributed by atoms with E-state index in [1.165, 1.54) is 0 Å². The molecule has 1 atom stereocenters. The predicted molar refractivity (Wildman–Crippen MR) is 69.5 cm³/mol. The van der Waals surface area contributed by atoms with Gasteiger partial charge in [0, 0.05) is 5.39 Å².